The fourth-order valence-electron chi connectivity index (χ4n) is 7.77. The average Bonchev–Trinajstić information content (AvgIpc) is 3.74. The molecule has 0 radical (unpaired) electrons. The summed E-state index contributed by atoms with van der Waals surface area (Å²) in [6.45, 7) is 15.5. The monoisotopic (exact) mass is 700 g/mol. The third-order valence-electron chi connectivity index (χ3n) is 10.5. The highest BCUT2D eigenvalue weighted by molar-refractivity contribution is 6.77. The molecule has 8 rings (SSSR count). The van der Waals surface area contributed by atoms with E-state index < -0.39 is 0 Å². The van der Waals surface area contributed by atoms with E-state index in [1.54, 1.807) is 15.3 Å². The van der Waals surface area contributed by atoms with E-state index in [0.717, 1.165) is 33.8 Å². The molecule has 7 aromatic rings. The number of hydrogen-bond acceptors (Lipinski definition) is 5. The van der Waals surface area contributed by atoms with Crippen molar-refractivity contribution in [2.75, 3.05) is 11.9 Å². The number of imidazole rings is 2. The minimum Gasteiger partial charge on any atom is -0.457 e. The summed E-state index contributed by atoms with van der Waals surface area (Å²) in [6, 6.07) is 32.5. The van der Waals surface area contributed by atoms with Crippen LogP contribution in [0.2, 0.25) is 0 Å². The highest BCUT2D eigenvalue weighted by Crippen LogP contribution is 2.40. The number of fused-ring (bicyclic) bond motifs is 4. The summed E-state index contributed by atoms with van der Waals surface area (Å²) in [5.41, 5.74) is 9.17. The molecule has 9 heteroatoms. The van der Waals surface area contributed by atoms with Gasteiger partial charge < -0.3 is 14.0 Å². The van der Waals surface area contributed by atoms with Crippen molar-refractivity contribution in [3.05, 3.63) is 143 Å². The predicted molar refractivity (Wildman–Crippen MR) is 217 cm³/mol. The Morgan fingerprint density at radius 1 is 0.717 bits per heavy atom. The van der Waals surface area contributed by atoms with Gasteiger partial charge in [0.25, 0.3) is 0 Å². The first-order valence-electron chi connectivity index (χ1n) is 18.4. The van der Waals surface area contributed by atoms with E-state index in [0.29, 0.717) is 34.7 Å². The van der Waals surface area contributed by atoms with Crippen LogP contribution in [0.4, 0.5) is 5.69 Å². The first kappa shape index (κ1) is 34.3. The fraction of sp³-hybridized carbons (Fsp3) is 0.250. The van der Waals surface area contributed by atoms with Gasteiger partial charge in [-0.1, -0.05) is 84.9 Å². The Morgan fingerprint density at radius 2 is 1.42 bits per heavy atom. The summed E-state index contributed by atoms with van der Waals surface area (Å²) in [7, 11) is 2.17. The van der Waals surface area contributed by atoms with Gasteiger partial charge in [-0.3, -0.25) is 4.57 Å². The summed E-state index contributed by atoms with van der Waals surface area (Å²) in [6.07, 6.45) is 5.75. The second-order valence-corrected chi connectivity index (χ2v) is 15.7. The maximum Gasteiger partial charge on any atom is 0.417 e. The van der Waals surface area contributed by atoms with E-state index in [1.165, 1.54) is 16.6 Å². The topological polar surface area (TPSA) is 70.1 Å². The quantitative estimate of drug-likeness (QED) is 0.155. The third kappa shape index (κ3) is 5.84. The minimum absolute atomic E-state index is 0.0408. The van der Waals surface area contributed by atoms with Gasteiger partial charge in [-0.05, 0) is 101 Å². The number of hydrogen-bond donors (Lipinski definition) is 0. The first-order valence-corrected chi connectivity index (χ1v) is 18.4. The van der Waals surface area contributed by atoms with Crippen molar-refractivity contribution in [3.8, 4) is 34.4 Å². The van der Waals surface area contributed by atoms with Crippen LogP contribution in [-0.2, 0) is 5.41 Å². The maximum absolute atomic E-state index is 14.3. The average molecular weight is 701 g/mol. The number of para-hydroxylation sites is 1. The molecule has 4 aromatic carbocycles. The largest absolute Gasteiger partial charge is 0.457 e. The zero-order valence-corrected chi connectivity index (χ0v) is 31.7. The molecule has 1 aliphatic heterocycles. The molecule has 0 bridgehead atoms. The summed E-state index contributed by atoms with van der Waals surface area (Å²) >= 11 is 0. The summed E-state index contributed by atoms with van der Waals surface area (Å²) in [5, 5.41) is 0. The van der Waals surface area contributed by atoms with Gasteiger partial charge in [-0.25, -0.2) is 19.3 Å². The second kappa shape index (κ2) is 13.0. The highest BCUT2D eigenvalue weighted by atomic mass is 16.5. The first-order chi connectivity index (χ1) is 25.4. The predicted octanol–water partition coefficient (Wildman–Crippen LogP) is 9.07. The van der Waals surface area contributed by atoms with Crippen LogP contribution in [0.1, 0.15) is 77.0 Å². The van der Waals surface area contributed by atoms with Crippen LogP contribution in [0.5, 0.6) is 11.5 Å². The molecular weight excluding hydrogens is 655 g/mol. The fourth-order valence-corrected chi connectivity index (χ4v) is 7.77. The maximum atomic E-state index is 14.3. The molecule has 8 nitrogen and oxygen atoms in total. The lowest BCUT2D eigenvalue weighted by Gasteiger charge is -2.37. The van der Waals surface area contributed by atoms with Crippen LogP contribution in [0.3, 0.4) is 0 Å². The zero-order valence-electron chi connectivity index (χ0n) is 31.7. The molecule has 0 N–H and O–H groups in total. The van der Waals surface area contributed by atoms with E-state index in [4.69, 9.17) is 9.72 Å². The van der Waals surface area contributed by atoms with Crippen LogP contribution < -0.4 is 20.7 Å². The Kier molecular flexibility index (Phi) is 8.40. The summed E-state index contributed by atoms with van der Waals surface area (Å²) in [5.74, 6) is 3.50. The van der Waals surface area contributed by atoms with Crippen LogP contribution in [0, 0.1) is 0 Å². The Bertz CT molecular complexity index is 2510. The molecule has 0 saturated carbocycles. The molecule has 0 amide bonds. The van der Waals surface area contributed by atoms with Gasteiger partial charge in [0.05, 0.1) is 16.7 Å². The van der Waals surface area contributed by atoms with E-state index in [2.05, 4.69) is 106 Å². The number of benzene rings is 4. The Labute approximate surface area is 311 Å². The second-order valence-electron chi connectivity index (χ2n) is 15.7. The SMILES string of the molecule is CC(C)c1cccc(C(C)C)c1B1N(C)c2ccc(Oc3ccc4c(c3)n(-c3cc(C(C)(C)C)ccn3)c(=O)n4-c3ccccc3)cc2-c2nccn21. The van der Waals surface area contributed by atoms with Crippen molar-refractivity contribution in [2.24, 2.45) is 0 Å². The molecule has 4 heterocycles. The van der Waals surface area contributed by atoms with Crippen molar-refractivity contribution in [1.82, 2.24) is 23.6 Å². The van der Waals surface area contributed by atoms with Gasteiger partial charge in [-0.15, -0.1) is 0 Å². The molecule has 3 aromatic heterocycles. The van der Waals surface area contributed by atoms with E-state index in [-0.39, 0.29) is 18.1 Å². The molecule has 266 valence electrons. The molecule has 0 fully saturated rings. The molecule has 1 aliphatic rings. The van der Waals surface area contributed by atoms with Crippen molar-refractivity contribution < 1.29 is 4.74 Å². The van der Waals surface area contributed by atoms with Crippen LogP contribution in [0.15, 0.2) is 120 Å². The summed E-state index contributed by atoms with van der Waals surface area (Å²) < 4.78 is 12.3. The molecule has 53 heavy (non-hydrogen) atoms. The molecular formula is C44H45BN6O2. The van der Waals surface area contributed by atoms with Crippen LogP contribution in [0.25, 0.3) is 33.9 Å². The molecule has 0 atom stereocenters. The minimum atomic E-state index is -0.195. The Hall–Kier alpha value is -5.83. The highest BCUT2D eigenvalue weighted by Gasteiger charge is 2.38. The number of rotatable bonds is 7. The number of ether oxygens (including phenoxy) is 1. The number of aromatic nitrogens is 5. The van der Waals surface area contributed by atoms with E-state index >= 15 is 0 Å². The Balaban J connectivity index is 1.22. The van der Waals surface area contributed by atoms with Crippen molar-refractivity contribution in [3.63, 3.8) is 0 Å². The lowest BCUT2D eigenvalue weighted by Crippen LogP contribution is -2.56. The van der Waals surface area contributed by atoms with Gasteiger partial charge in [0.1, 0.15) is 23.1 Å². The molecule has 0 saturated heterocycles. The molecule has 0 aliphatic carbocycles. The third-order valence-corrected chi connectivity index (χ3v) is 10.5. The van der Waals surface area contributed by atoms with Crippen molar-refractivity contribution in [1.29, 1.82) is 0 Å². The molecule has 0 spiro atoms. The van der Waals surface area contributed by atoms with Gasteiger partial charge >= 0.3 is 12.7 Å². The van der Waals surface area contributed by atoms with Gasteiger partial charge in [-0.2, -0.15) is 0 Å². The lowest BCUT2D eigenvalue weighted by atomic mass is 9.58. The van der Waals surface area contributed by atoms with Crippen LogP contribution in [-0.4, -0.2) is 37.6 Å². The standard InChI is InChI=1S/C44H45BN6O2/c1-28(2)34-15-12-16-35(29(3)4)41(34)45-48(8)37-19-17-32(26-36(37)42-47-23-24-49(42)45)53-33-18-20-38-39(27-33)51(40-25-30(21-22-46-40)44(5,6)7)43(52)50(38)31-13-10-9-11-14-31/h9-29H,1-8H3. The normalized spacial score (nSPS) is 12.9. The van der Waals surface area contributed by atoms with Crippen molar-refractivity contribution in [2.45, 2.75) is 65.7 Å². The van der Waals surface area contributed by atoms with Gasteiger partial charge in [0, 0.05) is 35.9 Å². The van der Waals surface area contributed by atoms with E-state index in [1.807, 2.05) is 72.9 Å². The van der Waals surface area contributed by atoms with E-state index in [9.17, 15) is 4.79 Å². The Morgan fingerprint density at radius 3 is 2.11 bits per heavy atom. The smallest absolute Gasteiger partial charge is 0.417 e. The molecule has 0 unspecified atom stereocenters. The number of nitrogens with zero attached hydrogens (tertiary/aromatic N) is 6. The zero-order chi connectivity index (χ0) is 37.2. The van der Waals surface area contributed by atoms with Gasteiger partial charge in [0.2, 0.25) is 0 Å². The van der Waals surface area contributed by atoms with Crippen molar-refractivity contribution >= 4 is 29.2 Å². The van der Waals surface area contributed by atoms with Gasteiger partial charge in [0.15, 0.2) is 0 Å². The number of anilines is 1. The lowest BCUT2D eigenvalue weighted by molar-refractivity contribution is 0.483. The number of pyridine rings is 1. The summed E-state index contributed by atoms with van der Waals surface area (Å²) in [4.78, 5) is 26.2. The van der Waals surface area contributed by atoms with Crippen LogP contribution >= 0.6 is 0 Å².